The van der Waals surface area contributed by atoms with E-state index < -0.39 is 201 Å². The second-order valence-electron chi connectivity index (χ2n) is 16.9. The van der Waals surface area contributed by atoms with E-state index in [9.17, 15) is 110 Å². The van der Waals surface area contributed by atoms with Crippen LogP contribution >= 0.6 is 0 Å². The largest absolute Gasteiger partial charge is 0.416 e. The highest BCUT2D eigenvalue weighted by Gasteiger charge is 2.47. The number of alkyl halides is 24. The van der Waals surface area contributed by atoms with Gasteiger partial charge in [0.15, 0.2) is 12.7 Å². The van der Waals surface area contributed by atoms with Crippen molar-refractivity contribution in [3.8, 4) is 0 Å². The van der Waals surface area contributed by atoms with E-state index in [0.29, 0.717) is 5.56 Å². The summed E-state index contributed by atoms with van der Waals surface area (Å²) in [6.07, 6.45) is -52.9. The van der Waals surface area contributed by atoms with E-state index in [0.717, 1.165) is 17.4 Å². The molecule has 0 saturated carbocycles. The fourth-order valence-corrected chi connectivity index (χ4v) is 8.49. The van der Waals surface area contributed by atoms with Gasteiger partial charge in [-0.1, -0.05) is 91.0 Å². The third kappa shape index (κ3) is 13.1. The molecule has 0 atom stereocenters. The highest BCUT2D eigenvalue weighted by Crippen LogP contribution is 2.41. The second-order valence-corrected chi connectivity index (χ2v) is 16.9. The Labute approximate surface area is 416 Å². The summed E-state index contributed by atoms with van der Waals surface area (Å²) in [4.78, 5) is 11.5. The summed E-state index contributed by atoms with van der Waals surface area (Å²) >= 11 is 0. The SMILES string of the molecule is FC(F)(F)c1cc([B-](c2cc(C(F)(F)F)cc(C(F)(F)F)c2)(c2cc(C(F)(F)F)cc(C(F)(F)F)c2)c2cc(C(F)(F)F)cc(C(F)(F)F)c2)cc(C(F)(F)F)c1.NC(=O)c1cc[n+](Cc2ccccc2)c2ccccc12. The van der Waals surface area contributed by atoms with Crippen LogP contribution in [0.15, 0.2) is 140 Å². The lowest BCUT2D eigenvalue weighted by atomic mass is 9.12. The molecule has 1 aromatic heterocycles. The first-order valence-corrected chi connectivity index (χ1v) is 21.1. The van der Waals surface area contributed by atoms with Crippen LogP contribution in [0.3, 0.4) is 0 Å². The van der Waals surface area contributed by atoms with Crippen molar-refractivity contribution in [1.82, 2.24) is 0 Å². The van der Waals surface area contributed by atoms with Crippen LogP contribution in [-0.4, -0.2) is 12.1 Å². The third-order valence-electron chi connectivity index (χ3n) is 11.8. The summed E-state index contributed by atoms with van der Waals surface area (Å²) in [7, 11) is 0. The Morgan fingerprint density at radius 3 is 0.883 bits per heavy atom. The van der Waals surface area contributed by atoms with Gasteiger partial charge in [0, 0.05) is 17.7 Å². The van der Waals surface area contributed by atoms with Gasteiger partial charge >= 0.3 is 49.4 Å². The number of hydrogen-bond donors (Lipinski definition) is 1. The lowest BCUT2D eigenvalue weighted by Gasteiger charge is -2.46. The number of nitrogens with zero attached hydrogens (tertiary/aromatic N) is 1. The van der Waals surface area contributed by atoms with Crippen molar-refractivity contribution < 1.29 is 115 Å². The molecule has 0 bridgehead atoms. The zero-order valence-electron chi connectivity index (χ0n) is 37.6. The van der Waals surface area contributed by atoms with E-state index in [1.165, 1.54) is 5.56 Å². The molecule has 0 unspecified atom stereocenters. The number of halogens is 24. The van der Waals surface area contributed by atoms with Gasteiger partial charge in [-0.25, -0.2) is 0 Å². The topological polar surface area (TPSA) is 47.0 Å². The predicted molar refractivity (Wildman–Crippen MR) is 228 cm³/mol. The first-order valence-electron chi connectivity index (χ1n) is 21.1. The van der Waals surface area contributed by atoms with Crippen LogP contribution in [0, 0.1) is 0 Å². The fourth-order valence-electron chi connectivity index (χ4n) is 8.49. The molecule has 0 fully saturated rings. The number of amides is 1. The molecule has 410 valence electrons. The molecular formula is C49H27BF24N2O. The number of primary amides is 1. The number of benzene rings is 6. The number of nitrogens with two attached hydrogens (primary N) is 1. The van der Waals surface area contributed by atoms with Crippen molar-refractivity contribution in [2.24, 2.45) is 5.73 Å². The van der Waals surface area contributed by atoms with Crippen molar-refractivity contribution in [2.45, 2.75) is 56.0 Å². The zero-order valence-corrected chi connectivity index (χ0v) is 37.6. The number of carbonyl (C=O) groups is 1. The van der Waals surface area contributed by atoms with Gasteiger partial charge in [-0.05, 0) is 30.3 Å². The molecule has 0 aliphatic heterocycles. The van der Waals surface area contributed by atoms with Crippen molar-refractivity contribution in [3.05, 3.63) is 195 Å². The van der Waals surface area contributed by atoms with E-state index in [-0.39, 0.29) is 0 Å². The number of rotatable bonds is 7. The van der Waals surface area contributed by atoms with Gasteiger partial charge in [-0.2, -0.15) is 132 Å². The molecule has 0 saturated heterocycles. The first kappa shape index (κ1) is 58.8. The monoisotopic (exact) mass is 1130 g/mol. The molecule has 2 N–H and O–H groups in total. The van der Waals surface area contributed by atoms with E-state index in [2.05, 4.69) is 16.7 Å². The van der Waals surface area contributed by atoms with Crippen LogP contribution in [-0.2, 0) is 56.0 Å². The molecule has 7 rings (SSSR count). The van der Waals surface area contributed by atoms with E-state index >= 15 is 0 Å². The van der Waals surface area contributed by atoms with Gasteiger partial charge in [0.2, 0.25) is 11.4 Å². The molecule has 6 aromatic carbocycles. The van der Waals surface area contributed by atoms with Crippen molar-refractivity contribution in [3.63, 3.8) is 0 Å². The summed E-state index contributed by atoms with van der Waals surface area (Å²) in [5.41, 5.74) is -22.0. The van der Waals surface area contributed by atoms with E-state index in [1.54, 1.807) is 6.07 Å². The Morgan fingerprint density at radius 1 is 0.364 bits per heavy atom. The smallest absolute Gasteiger partial charge is 0.366 e. The average molecular weight is 1130 g/mol. The summed E-state index contributed by atoms with van der Waals surface area (Å²) in [5, 5.41) is 0.887. The van der Waals surface area contributed by atoms with Gasteiger partial charge in [-0.3, -0.25) is 4.79 Å². The molecule has 0 radical (unpaired) electrons. The Morgan fingerprint density at radius 2 is 0.623 bits per heavy atom. The molecule has 0 spiro atoms. The van der Waals surface area contributed by atoms with Crippen LogP contribution in [0.2, 0.25) is 0 Å². The maximum absolute atomic E-state index is 14.2. The standard InChI is InChI=1S/C32H12BF24.C17H14N2O/c34-25(35,36)13-1-14(26(37,38)39)6-21(5-13)33(22-7-15(27(40,41)42)2-16(8-22)28(43,44)45,23-9-17(29(46,47)48)3-18(10-23)30(49,50)51)24-11-19(31(52,53)54)4-20(12-24)32(55,56)57;18-17(20)15-10-11-19(12-13-6-2-1-3-7-13)16-9-5-4-8-14(15)16/h1-12H;1-11H,12H2,(H-,18,20)/q-1;/p+1. The highest BCUT2D eigenvalue weighted by molar-refractivity contribution is 7.20. The van der Waals surface area contributed by atoms with Gasteiger partial charge in [0.25, 0.3) is 0 Å². The molecular weight excluding hydrogens is 1100 g/mol. The van der Waals surface area contributed by atoms with E-state index in [4.69, 9.17) is 5.73 Å². The minimum atomic E-state index is -6.13. The van der Waals surface area contributed by atoms with Crippen molar-refractivity contribution in [1.29, 1.82) is 0 Å². The minimum Gasteiger partial charge on any atom is -0.366 e. The number of aromatic nitrogens is 1. The third-order valence-corrected chi connectivity index (χ3v) is 11.8. The highest BCUT2D eigenvalue weighted by atomic mass is 19.4. The summed E-state index contributed by atoms with van der Waals surface area (Å²) in [5.74, 6) is -0.395. The Kier molecular flexibility index (Phi) is 15.4. The summed E-state index contributed by atoms with van der Waals surface area (Å²) in [6, 6.07) is 11.0. The molecule has 1 amide bonds. The molecule has 1 heterocycles. The van der Waals surface area contributed by atoms with Gasteiger partial charge in [0.05, 0.1) is 55.5 Å². The lowest BCUT2D eigenvalue weighted by molar-refractivity contribution is -0.662. The molecule has 3 nitrogen and oxygen atoms in total. The van der Waals surface area contributed by atoms with Crippen LogP contribution in [0.1, 0.15) is 60.4 Å². The average Bonchev–Trinajstić information content (AvgIpc) is 3.30. The van der Waals surface area contributed by atoms with Crippen molar-refractivity contribution >= 4 is 44.8 Å². The summed E-state index contributed by atoms with van der Waals surface area (Å²) < 4.78 is 343. The molecule has 0 aliphatic carbocycles. The van der Waals surface area contributed by atoms with Crippen LogP contribution in [0.25, 0.3) is 10.9 Å². The van der Waals surface area contributed by atoms with Crippen LogP contribution < -0.4 is 32.2 Å². The Bertz CT molecular complexity index is 2870. The maximum Gasteiger partial charge on any atom is 0.416 e. The number of fused-ring (bicyclic) bond motifs is 1. The quantitative estimate of drug-likeness (QED) is 0.0965. The van der Waals surface area contributed by atoms with Gasteiger partial charge in [-0.15, -0.1) is 0 Å². The zero-order chi connectivity index (χ0) is 57.9. The molecule has 77 heavy (non-hydrogen) atoms. The minimum absolute atomic E-state index is 0.395. The Hall–Kier alpha value is -7.42. The Balaban J connectivity index is 0.000000397. The predicted octanol–water partition coefficient (Wildman–Crippen LogP) is 13.5. The number of carbonyl (C=O) groups excluding carboxylic acids is 1. The maximum atomic E-state index is 14.2. The van der Waals surface area contributed by atoms with Gasteiger partial charge < -0.3 is 5.73 Å². The normalized spacial score (nSPS) is 13.4. The number of pyridine rings is 1. The molecule has 28 heteroatoms. The molecule has 0 aliphatic rings. The van der Waals surface area contributed by atoms with E-state index in [1.807, 2.05) is 48.7 Å². The molecule has 7 aromatic rings. The lowest BCUT2D eigenvalue weighted by Crippen LogP contribution is -2.75. The summed E-state index contributed by atoms with van der Waals surface area (Å²) in [6.45, 7) is 0.764. The number of para-hydroxylation sites is 1. The number of hydrogen-bond acceptors (Lipinski definition) is 1. The van der Waals surface area contributed by atoms with Gasteiger partial charge in [0.1, 0.15) is 6.15 Å². The first-order chi connectivity index (χ1) is 35.0. The van der Waals surface area contributed by atoms with Crippen LogP contribution in [0.5, 0.6) is 0 Å². The van der Waals surface area contributed by atoms with Crippen LogP contribution in [0.4, 0.5) is 105 Å². The van der Waals surface area contributed by atoms with Crippen molar-refractivity contribution in [2.75, 3.05) is 0 Å². The second kappa shape index (κ2) is 20.2. The fraction of sp³-hybridized carbons (Fsp3) is 0.184.